The van der Waals surface area contributed by atoms with Gasteiger partial charge in [0.25, 0.3) is 0 Å². The molecule has 0 amide bonds. The Kier molecular flexibility index (Phi) is 5.96. The molecule has 1 aliphatic rings. The molecule has 0 aromatic heterocycles. The summed E-state index contributed by atoms with van der Waals surface area (Å²) in [6.45, 7) is 4.80. The van der Waals surface area contributed by atoms with Crippen molar-refractivity contribution < 1.29 is 0 Å². The van der Waals surface area contributed by atoms with Crippen molar-refractivity contribution in [3.05, 3.63) is 113 Å². The van der Waals surface area contributed by atoms with Crippen molar-refractivity contribution in [1.29, 1.82) is 0 Å². The highest BCUT2D eigenvalue weighted by atomic mass is 28.3. The van der Waals surface area contributed by atoms with E-state index in [0.717, 1.165) is 6.42 Å². The molecule has 1 aliphatic carbocycles. The van der Waals surface area contributed by atoms with E-state index in [1.165, 1.54) is 46.3 Å². The molecule has 3 aromatic rings. The maximum Gasteiger partial charge on any atom is 0.142 e. The summed E-state index contributed by atoms with van der Waals surface area (Å²) in [5.41, 5.74) is 4.23. The maximum absolute atomic E-state index is 2.54. The summed E-state index contributed by atoms with van der Waals surface area (Å²) >= 11 is 0. The lowest BCUT2D eigenvalue weighted by molar-refractivity contribution is 0.795. The fourth-order valence-electron chi connectivity index (χ4n) is 4.54. The Labute approximate surface area is 176 Å². The van der Waals surface area contributed by atoms with Crippen molar-refractivity contribution >= 4 is 24.0 Å². The predicted molar refractivity (Wildman–Crippen MR) is 130 cm³/mol. The molecule has 1 atom stereocenters. The SMILES string of the molecule is CCCCc1ccc([Si](C)(C2=C(c3ccccc3)C=CC2)c2ccccc2)cc1. The van der Waals surface area contributed by atoms with Crippen molar-refractivity contribution in [2.45, 2.75) is 39.2 Å². The van der Waals surface area contributed by atoms with Crippen LogP contribution in [0.25, 0.3) is 5.57 Å². The van der Waals surface area contributed by atoms with Crippen LogP contribution >= 0.6 is 0 Å². The number of rotatable bonds is 7. The molecular formula is C28H30Si. The maximum atomic E-state index is 2.54. The summed E-state index contributed by atoms with van der Waals surface area (Å²) in [6, 6.07) is 31.7. The monoisotopic (exact) mass is 394 g/mol. The Bertz CT molecular complexity index is 997. The van der Waals surface area contributed by atoms with E-state index in [2.05, 4.69) is 111 Å². The highest BCUT2D eigenvalue weighted by molar-refractivity contribution is 7.07. The van der Waals surface area contributed by atoms with Crippen molar-refractivity contribution in [3.63, 3.8) is 0 Å². The van der Waals surface area contributed by atoms with Gasteiger partial charge in [0, 0.05) is 0 Å². The van der Waals surface area contributed by atoms with Gasteiger partial charge in [-0.3, -0.25) is 0 Å². The normalized spacial score (nSPS) is 15.5. The Morgan fingerprint density at radius 3 is 2.03 bits per heavy atom. The first kappa shape index (κ1) is 19.7. The summed E-state index contributed by atoms with van der Waals surface area (Å²) in [5.74, 6) is 0. The van der Waals surface area contributed by atoms with Gasteiger partial charge in [-0.05, 0) is 46.3 Å². The number of benzene rings is 3. The Morgan fingerprint density at radius 1 is 0.759 bits per heavy atom. The smallest absolute Gasteiger partial charge is 0.0802 e. The Balaban J connectivity index is 1.85. The summed E-state index contributed by atoms with van der Waals surface area (Å²) in [4.78, 5) is 0. The largest absolute Gasteiger partial charge is 0.142 e. The summed E-state index contributed by atoms with van der Waals surface area (Å²) in [7, 11) is -2.05. The molecule has 0 radical (unpaired) electrons. The van der Waals surface area contributed by atoms with Crippen LogP contribution in [0.15, 0.2) is 102 Å². The summed E-state index contributed by atoms with van der Waals surface area (Å²) in [6.07, 6.45) is 9.44. The number of hydrogen-bond donors (Lipinski definition) is 0. The lowest BCUT2D eigenvalue weighted by Gasteiger charge is -2.32. The molecule has 1 heteroatoms. The fourth-order valence-corrected chi connectivity index (χ4v) is 8.55. The second-order valence-electron chi connectivity index (χ2n) is 8.16. The van der Waals surface area contributed by atoms with Crippen LogP contribution < -0.4 is 10.4 Å². The van der Waals surface area contributed by atoms with Crippen LogP contribution in [0.1, 0.15) is 37.3 Å². The molecule has 0 fully saturated rings. The molecule has 4 rings (SSSR count). The van der Waals surface area contributed by atoms with Gasteiger partial charge in [0.2, 0.25) is 0 Å². The van der Waals surface area contributed by atoms with Crippen molar-refractivity contribution in [2.75, 3.05) is 0 Å². The van der Waals surface area contributed by atoms with Crippen molar-refractivity contribution in [3.8, 4) is 0 Å². The minimum absolute atomic E-state index is 1.05. The molecule has 0 N–H and O–H groups in total. The highest BCUT2D eigenvalue weighted by Crippen LogP contribution is 2.34. The first-order valence-electron chi connectivity index (χ1n) is 10.8. The molecule has 0 spiro atoms. The molecule has 0 saturated heterocycles. The zero-order chi connectivity index (χ0) is 20.1. The minimum atomic E-state index is -2.05. The number of aryl methyl sites for hydroxylation is 1. The number of allylic oxidation sites excluding steroid dienone is 4. The molecule has 0 bridgehead atoms. The highest BCUT2D eigenvalue weighted by Gasteiger charge is 2.38. The molecule has 0 aliphatic heterocycles. The van der Waals surface area contributed by atoms with Gasteiger partial charge < -0.3 is 0 Å². The molecule has 3 aromatic carbocycles. The standard InChI is InChI=1S/C28H30Si/c1-3-4-12-23-19-21-26(22-20-23)29(2,25-15-9-6-10-16-25)28-18-11-17-27(28)24-13-7-5-8-14-24/h5-11,13-17,19-22H,3-4,12,18H2,1-2H3. The van der Waals surface area contributed by atoms with E-state index in [1.54, 1.807) is 5.20 Å². The van der Waals surface area contributed by atoms with Gasteiger partial charge in [0.15, 0.2) is 0 Å². The predicted octanol–water partition coefficient (Wildman–Crippen LogP) is 6.17. The first-order chi connectivity index (χ1) is 14.2. The molecule has 0 saturated carbocycles. The van der Waals surface area contributed by atoms with Crippen LogP contribution in [0, 0.1) is 0 Å². The van der Waals surface area contributed by atoms with Crippen LogP contribution in [0.5, 0.6) is 0 Å². The molecule has 0 heterocycles. The Hall–Kier alpha value is -2.64. The van der Waals surface area contributed by atoms with Gasteiger partial charge in [-0.15, -0.1) is 0 Å². The van der Waals surface area contributed by atoms with E-state index in [1.807, 2.05) is 0 Å². The van der Waals surface area contributed by atoms with E-state index < -0.39 is 8.07 Å². The third-order valence-corrected chi connectivity index (χ3v) is 11.0. The first-order valence-corrected chi connectivity index (χ1v) is 13.3. The van der Waals surface area contributed by atoms with Gasteiger partial charge >= 0.3 is 0 Å². The van der Waals surface area contributed by atoms with E-state index in [9.17, 15) is 0 Å². The van der Waals surface area contributed by atoms with Gasteiger partial charge in [-0.25, -0.2) is 0 Å². The van der Waals surface area contributed by atoms with Crippen molar-refractivity contribution in [1.82, 2.24) is 0 Å². The van der Waals surface area contributed by atoms with Gasteiger partial charge in [0.1, 0.15) is 8.07 Å². The third kappa shape index (κ3) is 3.93. The lowest BCUT2D eigenvalue weighted by Crippen LogP contribution is -2.57. The second kappa shape index (κ2) is 8.80. The average Bonchev–Trinajstić information content (AvgIpc) is 3.29. The third-order valence-electron chi connectivity index (χ3n) is 6.32. The van der Waals surface area contributed by atoms with Crippen LogP contribution in [-0.2, 0) is 6.42 Å². The van der Waals surface area contributed by atoms with E-state index in [-0.39, 0.29) is 0 Å². The summed E-state index contributed by atoms with van der Waals surface area (Å²) in [5, 5.41) is 4.63. The summed E-state index contributed by atoms with van der Waals surface area (Å²) < 4.78 is 0. The van der Waals surface area contributed by atoms with Gasteiger partial charge in [0.05, 0.1) is 0 Å². The minimum Gasteiger partial charge on any atom is -0.0802 e. The molecule has 29 heavy (non-hydrogen) atoms. The fraction of sp³-hybridized carbons (Fsp3) is 0.214. The average molecular weight is 395 g/mol. The van der Waals surface area contributed by atoms with Crippen LogP contribution in [0.4, 0.5) is 0 Å². The molecule has 0 nitrogen and oxygen atoms in total. The molecular weight excluding hydrogens is 364 g/mol. The quantitative estimate of drug-likeness (QED) is 0.420. The molecule has 1 unspecified atom stereocenters. The zero-order valence-electron chi connectivity index (χ0n) is 17.6. The number of unbranched alkanes of at least 4 members (excludes halogenated alkanes) is 1. The Morgan fingerprint density at radius 2 is 1.38 bits per heavy atom. The molecule has 146 valence electrons. The lowest BCUT2D eigenvalue weighted by atomic mass is 10.1. The van der Waals surface area contributed by atoms with E-state index in [0.29, 0.717) is 0 Å². The van der Waals surface area contributed by atoms with E-state index in [4.69, 9.17) is 0 Å². The van der Waals surface area contributed by atoms with Crippen LogP contribution in [-0.4, -0.2) is 8.07 Å². The van der Waals surface area contributed by atoms with Crippen LogP contribution in [0.3, 0.4) is 0 Å². The van der Waals surface area contributed by atoms with Crippen LogP contribution in [0.2, 0.25) is 6.55 Å². The van der Waals surface area contributed by atoms with Crippen molar-refractivity contribution in [2.24, 2.45) is 0 Å². The number of hydrogen-bond acceptors (Lipinski definition) is 0. The second-order valence-corrected chi connectivity index (χ2v) is 12.2. The zero-order valence-corrected chi connectivity index (χ0v) is 18.6. The topological polar surface area (TPSA) is 0 Å². The van der Waals surface area contributed by atoms with Gasteiger partial charge in [-0.1, -0.05) is 122 Å². The van der Waals surface area contributed by atoms with Gasteiger partial charge in [-0.2, -0.15) is 0 Å². The van der Waals surface area contributed by atoms with E-state index >= 15 is 0 Å².